The van der Waals surface area contributed by atoms with Gasteiger partial charge in [-0.1, -0.05) is 27.7 Å². The number of nitrogens with zero attached hydrogens (tertiary/aromatic N) is 2. The quantitative estimate of drug-likeness (QED) is 0.920. The lowest BCUT2D eigenvalue weighted by atomic mass is 9.77. The van der Waals surface area contributed by atoms with Crippen molar-refractivity contribution in [1.82, 2.24) is 4.98 Å². The smallest absolute Gasteiger partial charge is 0.129 e. The summed E-state index contributed by atoms with van der Waals surface area (Å²) in [5.41, 5.74) is 2.45. The van der Waals surface area contributed by atoms with Gasteiger partial charge >= 0.3 is 0 Å². The fourth-order valence-corrected chi connectivity index (χ4v) is 3.26. The Hall–Kier alpha value is -1.09. The van der Waals surface area contributed by atoms with Gasteiger partial charge in [0.2, 0.25) is 0 Å². The van der Waals surface area contributed by atoms with Crippen LogP contribution in [-0.4, -0.2) is 23.2 Å². The summed E-state index contributed by atoms with van der Waals surface area (Å²) in [4.78, 5) is 7.17. The van der Waals surface area contributed by atoms with Crippen LogP contribution in [0.25, 0.3) is 0 Å². The third-order valence-electron chi connectivity index (χ3n) is 4.75. The van der Waals surface area contributed by atoms with Gasteiger partial charge in [0.1, 0.15) is 5.82 Å². The Morgan fingerprint density at radius 1 is 1.24 bits per heavy atom. The van der Waals surface area contributed by atoms with Gasteiger partial charge in [0, 0.05) is 18.8 Å². The predicted molar refractivity (Wildman–Crippen MR) is 88.5 cm³/mol. The second kappa shape index (κ2) is 6.78. The molecule has 0 radical (unpaired) electrons. The van der Waals surface area contributed by atoms with Crippen LogP contribution < -0.4 is 4.90 Å². The van der Waals surface area contributed by atoms with Crippen molar-refractivity contribution < 1.29 is 5.11 Å². The van der Waals surface area contributed by atoms with Gasteiger partial charge in [-0.3, -0.25) is 0 Å². The van der Waals surface area contributed by atoms with E-state index < -0.39 is 0 Å². The van der Waals surface area contributed by atoms with Crippen LogP contribution in [0.4, 0.5) is 5.82 Å². The van der Waals surface area contributed by atoms with E-state index in [2.05, 4.69) is 38.7 Å². The molecule has 2 heterocycles. The van der Waals surface area contributed by atoms with Gasteiger partial charge in [-0.15, -0.1) is 0 Å². The number of aromatic nitrogens is 1. The van der Waals surface area contributed by atoms with Gasteiger partial charge in [-0.25, -0.2) is 4.98 Å². The van der Waals surface area contributed by atoms with Crippen molar-refractivity contribution in [3.8, 4) is 0 Å². The van der Waals surface area contributed by atoms with Crippen LogP contribution in [0.3, 0.4) is 0 Å². The first-order valence-electron chi connectivity index (χ1n) is 8.29. The van der Waals surface area contributed by atoms with Crippen LogP contribution in [0.5, 0.6) is 0 Å². The average Bonchev–Trinajstić information content (AvgIpc) is 2.72. The van der Waals surface area contributed by atoms with E-state index in [9.17, 15) is 5.11 Å². The minimum atomic E-state index is 0.0982. The van der Waals surface area contributed by atoms with E-state index >= 15 is 0 Å². The van der Waals surface area contributed by atoms with E-state index in [4.69, 9.17) is 4.98 Å². The summed E-state index contributed by atoms with van der Waals surface area (Å²) >= 11 is 0. The second-order valence-corrected chi connectivity index (χ2v) is 7.32. The fraction of sp³-hybridized carbons (Fsp3) is 0.722. The molecule has 1 unspecified atom stereocenters. The summed E-state index contributed by atoms with van der Waals surface area (Å²) in [7, 11) is 0. The van der Waals surface area contributed by atoms with Crippen LogP contribution in [0.1, 0.15) is 58.2 Å². The SMILES string of the molecule is CCc1cc(CO)cc(N2CCCC(C(C)(C)C)CC2)n1. The maximum atomic E-state index is 9.44. The van der Waals surface area contributed by atoms with E-state index in [1.54, 1.807) is 0 Å². The van der Waals surface area contributed by atoms with Gasteiger partial charge in [-0.05, 0) is 54.7 Å². The summed E-state index contributed by atoms with van der Waals surface area (Å²) in [5, 5.41) is 9.44. The van der Waals surface area contributed by atoms with Crippen molar-refractivity contribution in [1.29, 1.82) is 0 Å². The Bertz CT molecular complexity index is 443. The molecule has 0 amide bonds. The zero-order chi connectivity index (χ0) is 15.5. The van der Waals surface area contributed by atoms with Crippen LogP contribution in [0.2, 0.25) is 0 Å². The Labute approximate surface area is 129 Å². The van der Waals surface area contributed by atoms with E-state index in [-0.39, 0.29) is 6.61 Å². The lowest BCUT2D eigenvalue weighted by Gasteiger charge is -2.30. The number of pyridine rings is 1. The molecule has 118 valence electrons. The maximum Gasteiger partial charge on any atom is 0.129 e. The molecule has 0 saturated carbocycles. The molecule has 2 rings (SSSR count). The van der Waals surface area contributed by atoms with Gasteiger partial charge in [0.15, 0.2) is 0 Å². The minimum absolute atomic E-state index is 0.0982. The third-order valence-corrected chi connectivity index (χ3v) is 4.75. The fourth-order valence-electron chi connectivity index (χ4n) is 3.26. The molecule has 0 bridgehead atoms. The zero-order valence-corrected chi connectivity index (χ0v) is 14.0. The first kappa shape index (κ1) is 16.3. The molecule has 1 aliphatic heterocycles. The number of anilines is 1. The summed E-state index contributed by atoms with van der Waals surface area (Å²) in [6.07, 6.45) is 4.68. The predicted octanol–water partition coefficient (Wildman–Crippen LogP) is 3.79. The molecule has 0 aromatic carbocycles. The van der Waals surface area contributed by atoms with E-state index in [0.29, 0.717) is 5.41 Å². The Balaban J connectivity index is 2.15. The molecule has 21 heavy (non-hydrogen) atoms. The molecule has 0 spiro atoms. The molecule has 1 fully saturated rings. The zero-order valence-electron chi connectivity index (χ0n) is 14.0. The molecule has 1 aromatic heterocycles. The summed E-state index contributed by atoms with van der Waals surface area (Å²) in [5.74, 6) is 1.84. The molecule has 1 saturated heterocycles. The van der Waals surface area contributed by atoms with Crippen molar-refractivity contribution in [2.24, 2.45) is 11.3 Å². The number of aryl methyl sites for hydroxylation is 1. The van der Waals surface area contributed by atoms with E-state index in [1.165, 1.54) is 19.3 Å². The van der Waals surface area contributed by atoms with Gasteiger partial charge in [-0.2, -0.15) is 0 Å². The number of aliphatic hydroxyl groups excluding tert-OH is 1. The highest BCUT2D eigenvalue weighted by molar-refractivity contribution is 5.43. The van der Waals surface area contributed by atoms with Crippen molar-refractivity contribution in [3.63, 3.8) is 0 Å². The monoisotopic (exact) mass is 290 g/mol. The Kier molecular flexibility index (Phi) is 5.26. The van der Waals surface area contributed by atoms with Crippen LogP contribution in [0, 0.1) is 11.3 Å². The molecule has 3 nitrogen and oxygen atoms in total. The molecule has 0 aliphatic carbocycles. The topological polar surface area (TPSA) is 36.4 Å². The molecule has 3 heteroatoms. The number of rotatable bonds is 3. The number of aliphatic hydroxyl groups is 1. The normalized spacial score (nSPS) is 20.4. The largest absolute Gasteiger partial charge is 0.392 e. The van der Waals surface area contributed by atoms with Crippen molar-refractivity contribution in [2.75, 3.05) is 18.0 Å². The number of hydrogen-bond acceptors (Lipinski definition) is 3. The first-order chi connectivity index (χ1) is 9.94. The first-order valence-corrected chi connectivity index (χ1v) is 8.29. The number of hydrogen-bond donors (Lipinski definition) is 1. The van der Waals surface area contributed by atoms with Crippen molar-refractivity contribution in [3.05, 3.63) is 23.4 Å². The van der Waals surface area contributed by atoms with Crippen LogP contribution in [-0.2, 0) is 13.0 Å². The molecule has 1 aliphatic rings. The lowest BCUT2D eigenvalue weighted by molar-refractivity contribution is 0.220. The maximum absolute atomic E-state index is 9.44. The van der Waals surface area contributed by atoms with Gasteiger partial charge in [0.05, 0.1) is 6.61 Å². The van der Waals surface area contributed by atoms with E-state index in [0.717, 1.165) is 42.5 Å². The van der Waals surface area contributed by atoms with Crippen molar-refractivity contribution in [2.45, 2.75) is 60.0 Å². The lowest BCUT2D eigenvalue weighted by Crippen LogP contribution is -2.27. The highest BCUT2D eigenvalue weighted by Gasteiger charge is 2.27. The van der Waals surface area contributed by atoms with Gasteiger partial charge < -0.3 is 10.0 Å². The van der Waals surface area contributed by atoms with Crippen LogP contribution >= 0.6 is 0 Å². The Morgan fingerprint density at radius 3 is 2.62 bits per heavy atom. The average molecular weight is 290 g/mol. The van der Waals surface area contributed by atoms with Crippen molar-refractivity contribution >= 4 is 5.82 Å². The molecule has 1 atom stereocenters. The molecule has 1 N–H and O–H groups in total. The minimum Gasteiger partial charge on any atom is -0.392 e. The highest BCUT2D eigenvalue weighted by Crippen LogP contribution is 2.35. The molecular formula is C18H30N2O. The standard InChI is InChI=1S/C18H30N2O/c1-5-16-11-14(13-21)12-17(19-16)20-9-6-7-15(8-10-20)18(2,3)4/h11-12,15,21H,5-10,13H2,1-4H3. The summed E-state index contributed by atoms with van der Waals surface area (Å²) < 4.78 is 0. The van der Waals surface area contributed by atoms with Crippen LogP contribution in [0.15, 0.2) is 12.1 Å². The van der Waals surface area contributed by atoms with E-state index in [1.807, 2.05) is 6.07 Å². The molecular weight excluding hydrogens is 260 g/mol. The summed E-state index contributed by atoms with van der Waals surface area (Å²) in [6, 6.07) is 4.07. The third kappa shape index (κ3) is 4.19. The Morgan fingerprint density at radius 2 is 2.00 bits per heavy atom. The summed E-state index contributed by atoms with van der Waals surface area (Å²) in [6.45, 7) is 11.4. The highest BCUT2D eigenvalue weighted by atomic mass is 16.3. The molecule has 1 aromatic rings. The second-order valence-electron chi connectivity index (χ2n) is 7.32. The van der Waals surface area contributed by atoms with Gasteiger partial charge in [0.25, 0.3) is 0 Å².